The molecule has 1 heterocycles. The highest BCUT2D eigenvalue weighted by molar-refractivity contribution is 5.79. The Kier molecular flexibility index (Phi) is 4.03. The van der Waals surface area contributed by atoms with E-state index in [-0.39, 0.29) is 0 Å². The van der Waals surface area contributed by atoms with Crippen molar-refractivity contribution in [1.82, 2.24) is 4.98 Å². The number of aryl methyl sites for hydroxylation is 1. The molecule has 1 heteroatoms. The number of hydrogen-bond donors (Lipinski definition) is 1. The number of benzene rings is 1. The third kappa shape index (κ3) is 2.88. The summed E-state index contributed by atoms with van der Waals surface area (Å²) in [5, 5.41) is 1.34. The van der Waals surface area contributed by atoms with E-state index in [1.165, 1.54) is 55.0 Å². The van der Waals surface area contributed by atoms with Crippen LogP contribution < -0.4 is 0 Å². The fourth-order valence-electron chi connectivity index (χ4n) is 2.19. The minimum atomic E-state index is 1.23. The van der Waals surface area contributed by atoms with Crippen LogP contribution in [0.15, 0.2) is 30.5 Å². The highest BCUT2D eigenvalue weighted by Crippen LogP contribution is 2.16. The molecule has 0 amide bonds. The maximum atomic E-state index is 3.23. The van der Waals surface area contributed by atoms with Gasteiger partial charge in [0, 0.05) is 11.7 Å². The van der Waals surface area contributed by atoms with E-state index in [2.05, 4.69) is 36.2 Å². The molecule has 1 aromatic heterocycles. The summed E-state index contributed by atoms with van der Waals surface area (Å²) in [6, 6.07) is 8.90. The Balaban J connectivity index is 1.84. The van der Waals surface area contributed by atoms with Gasteiger partial charge in [-0.3, -0.25) is 0 Å². The van der Waals surface area contributed by atoms with Crippen molar-refractivity contribution < 1.29 is 0 Å². The van der Waals surface area contributed by atoms with E-state index in [0.29, 0.717) is 0 Å². The average molecular weight is 215 g/mol. The van der Waals surface area contributed by atoms with Gasteiger partial charge in [0.1, 0.15) is 0 Å². The molecule has 1 aromatic carbocycles. The Hall–Kier alpha value is -1.24. The molecule has 2 rings (SSSR count). The van der Waals surface area contributed by atoms with Crippen molar-refractivity contribution in [3.05, 3.63) is 36.0 Å². The van der Waals surface area contributed by atoms with Crippen molar-refractivity contribution in [2.75, 3.05) is 0 Å². The zero-order chi connectivity index (χ0) is 11.2. The minimum Gasteiger partial charge on any atom is -0.361 e. The molecule has 1 nitrogen and oxygen atoms in total. The highest BCUT2D eigenvalue weighted by Gasteiger charge is 1.97. The lowest BCUT2D eigenvalue weighted by molar-refractivity contribution is 0.632. The van der Waals surface area contributed by atoms with Gasteiger partial charge in [0.15, 0.2) is 0 Å². The van der Waals surface area contributed by atoms with Crippen molar-refractivity contribution in [2.24, 2.45) is 0 Å². The zero-order valence-electron chi connectivity index (χ0n) is 10.1. The molecule has 1 N–H and O–H groups in total. The summed E-state index contributed by atoms with van der Waals surface area (Å²) in [7, 11) is 0. The van der Waals surface area contributed by atoms with Crippen molar-refractivity contribution in [3.63, 3.8) is 0 Å². The van der Waals surface area contributed by atoms with Crippen LogP contribution in [-0.4, -0.2) is 4.98 Å². The summed E-state index contributed by atoms with van der Waals surface area (Å²) in [5.41, 5.74) is 2.72. The Morgan fingerprint density at radius 3 is 2.75 bits per heavy atom. The first-order valence-corrected chi connectivity index (χ1v) is 6.46. The summed E-state index contributed by atoms with van der Waals surface area (Å²) < 4.78 is 0. The molecule has 0 fully saturated rings. The normalized spacial score (nSPS) is 11.1. The summed E-state index contributed by atoms with van der Waals surface area (Å²) >= 11 is 0. The van der Waals surface area contributed by atoms with Gasteiger partial charge in [-0.15, -0.1) is 0 Å². The Morgan fingerprint density at radius 2 is 1.88 bits per heavy atom. The topological polar surface area (TPSA) is 15.8 Å². The molecular weight excluding hydrogens is 194 g/mol. The van der Waals surface area contributed by atoms with Crippen LogP contribution in [0.5, 0.6) is 0 Å². The van der Waals surface area contributed by atoms with Crippen molar-refractivity contribution in [1.29, 1.82) is 0 Å². The number of H-pyrrole nitrogens is 1. The molecule has 0 unspecified atom stereocenters. The molecule has 0 bridgehead atoms. The second kappa shape index (κ2) is 5.74. The van der Waals surface area contributed by atoms with Crippen molar-refractivity contribution in [3.8, 4) is 0 Å². The number of rotatable bonds is 6. The third-order valence-corrected chi connectivity index (χ3v) is 3.19. The molecule has 0 aliphatic rings. The minimum absolute atomic E-state index is 1.23. The quantitative estimate of drug-likeness (QED) is 0.673. The molecule has 0 aliphatic carbocycles. The van der Waals surface area contributed by atoms with Crippen LogP contribution in [-0.2, 0) is 6.42 Å². The largest absolute Gasteiger partial charge is 0.361 e. The summed E-state index contributed by atoms with van der Waals surface area (Å²) in [4.78, 5) is 3.23. The lowest BCUT2D eigenvalue weighted by Gasteiger charge is -2.02. The van der Waals surface area contributed by atoms with E-state index in [4.69, 9.17) is 0 Å². The van der Waals surface area contributed by atoms with Gasteiger partial charge in [-0.1, -0.05) is 38.7 Å². The van der Waals surface area contributed by atoms with Crippen molar-refractivity contribution >= 4 is 10.9 Å². The van der Waals surface area contributed by atoms with Gasteiger partial charge in [-0.25, -0.2) is 0 Å². The number of unbranched alkanes of at least 4 members (excludes halogenated alkanes) is 4. The third-order valence-electron chi connectivity index (χ3n) is 3.19. The van der Waals surface area contributed by atoms with Crippen LogP contribution in [0.25, 0.3) is 10.9 Å². The first kappa shape index (κ1) is 11.3. The summed E-state index contributed by atoms with van der Waals surface area (Å²) in [6.45, 7) is 2.26. The molecule has 2 aromatic rings. The van der Waals surface area contributed by atoms with Crippen LogP contribution in [0.3, 0.4) is 0 Å². The second-order valence-electron chi connectivity index (χ2n) is 4.56. The summed E-state index contributed by atoms with van der Waals surface area (Å²) in [5.74, 6) is 0. The smallest absolute Gasteiger partial charge is 0.0454 e. The molecule has 0 saturated heterocycles. The molecule has 0 aliphatic heterocycles. The Bertz CT molecular complexity index is 428. The predicted molar refractivity (Wildman–Crippen MR) is 70.8 cm³/mol. The number of fused-ring (bicyclic) bond motifs is 1. The average Bonchev–Trinajstić information content (AvgIpc) is 2.76. The highest BCUT2D eigenvalue weighted by atomic mass is 14.7. The van der Waals surface area contributed by atoms with E-state index < -0.39 is 0 Å². The van der Waals surface area contributed by atoms with E-state index in [9.17, 15) is 0 Å². The molecule has 0 saturated carbocycles. The first-order chi connectivity index (χ1) is 7.90. The first-order valence-electron chi connectivity index (χ1n) is 6.46. The SMILES string of the molecule is CCCCCCCc1ccc2[nH]ccc2c1. The maximum Gasteiger partial charge on any atom is 0.0454 e. The van der Waals surface area contributed by atoms with Gasteiger partial charge in [0.25, 0.3) is 0 Å². The monoisotopic (exact) mass is 215 g/mol. The van der Waals surface area contributed by atoms with Gasteiger partial charge < -0.3 is 4.98 Å². The predicted octanol–water partition coefficient (Wildman–Crippen LogP) is 4.68. The van der Waals surface area contributed by atoms with Gasteiger partial charge in [0.05, 0.1) is 0 Å². The number of hydrogen-bond acceptors (Lipinski definition) is 0. The van der Waals surface area contributed by atoms with Gasteiger partial charge >= 0.3 is 0 Å². The number of aromatic amines is 1. The molecule has 16 heavy (non-hydrogen) atoms. The van der Waals surface area contributed by atoms with Gasteiger partial charge in [-0.05, 0) is 42.0 Å². The Labute approximate surface area is 97.9 Å². The number of aromatic nitrogens is 1. The number of nitrogens with one attached hydrogen (secondary N) is 1. The van der Waals surface area contributed by atoms with Crippen LogP contribution in [0.4, 0.5) is 0 Å². The zero-order valence-corrected chi connectivity index (χ0v) is 10.1. The maximum absolute atomic E-state index is 3.23. The molecule has 0 radical (unpaired) electrons. The molecule has 0 atom stereocenters. The van der Waals surface area contributed by atoms with Gasteiger partial charge in [0.2, 0.25) is 0 Å². The molecular formula is C15H21N. The van der Waals surface area contributed by atoms with Crippen LogP contribution in [0.2, 0.25) is 0 Å². The van der Waals surface area contributed by atoms with Gasteiger partial charge in [-0.2, -0.15) is 0 Å². The fourth-order valence-corrected chi connectivity index (χ4v) is 2.19. The Morgan fingerprint density at radius 1 is 1.00 bits per heavy atom. The van der Waals surface area contributed by atoms with Crippen LogP contribution in [0.1, 0.15) is 44.6 Å². The van der Waals surface area contributed by atoms with E-state index >= 15 is 0 Å². The standard InChI is InChI=1S/C15H21N/c1-2-3-4-5-6-7-13-8-9-15-14(12-13)10-11-16-15/h8-12,16H,2-7H2,1H3. The molecule has 0 spiro atoms. The fraction of sp³-hybridized carbons (Fsp3) is 0.467. The molecule has 86 valence electrons. The summed E-state index contributed by atoms with van der Waals surface area (Å²) in [6.07, 6.45) is 10.0. The lowest BCUT2D eigenvalue weighted by atomic mass is 10.0. The van der Waals surface area contributed by atoms with Crippen molar-refractivity contribution in [2.45, 2.75) is 45.4 Å². The van der Waals surface area contributed by atoms with E-state index in [0.717, 1.165) is 0 Å². The van der Waals surface area contributed by atoms with E-state index in [1.807, 2.05) is 6.20 Å². The second-order valence-corrected chi connectivity index (χ2v) is 4.56. The van der Waals surface area contributed by atoms with E-state index in [1.54, 1.807) is 0 Å². The van der Waals surface area contributed by atoms with Crippen LogP contribution in [0, 0.1) is 0 Å². The van der Waals surface area contributed by atoms with Crippen LogP contribution >= 0.6 is 0 Å². The lowest BCUT2D eigenvalue weighted by Crippen LogP contribution is -1.85.